The molecular weight excluding hydrogens is 266 g/mol. The van der Waals surface area contributed by atoms with Gasteiger partial charge in [0.1, 0.15) is 0 Å². The third-order valence-corrected chi connectivity index (χ3v) is 5.14. The Hall–Kier alpha value is -1.76. The van der Waals surface area contributed by atoms with E-state index in [1.54, 1.807) is 5.56 Å². The third-order valence-electron chi connectivity index (χ3n) is 5.14. The summed E-state index contributed by atoms with van der Waals surface area (Å²) >= 11 is 0. The smallest absolute Gasteiger partial charge is 0.0488 e. The summed E-state index contributed by atoms with van der Waals surface area (Å²) in [5, 5.41) is 1.46. The van der Waals surface area contributed by atoms with Crippen molar-refractivity contribution in [2.24, 2.45) is 0 Å². The molecule has 0 bridgehead atoms. The Morgan fingerprint density at radius 3 is 2.68 bits per heavy atom. The lowest BCUT2D eigenvalue weighted by Gasteiger charge is -2.11. The van der Waals surface area contributed by atoms with Crippen LogP contribution in [0.25, 0.3) is 17.0 Å². The lowest BCUT2D eigenvalue weighted by molar-refractivity contribution is 0.563. The van der Waals surface area contributed by atoms with Gasteiger partial charge in [-0.25, -0.2) is 0 Å². The summed E-state index contributed by atoms with van der Waals surface area (Å²) in [4.78, 5) is 0. The Kier molecular flexibility index (Phi) is 3.65. The van der Waals surface area contributed by atoms with Crippen LogP contribution in [-0.4, -0.2) is 4.57 Å². The molecule has 1 aromatic carbocycles. The van der Waals surface area contributed by atoms with Crippen molar-refractivity contribution < 1.29 is 0 Å². The van der Waals surface area contributed by atoms with Gasteiger partial charge in [-0.3, -0.25) is 0 Å². The molecule has 0 aliphatic heterocycles. The highest BCUT2D eigenvalue weighted by Gasteiger charge is 2.33. The zero-order valence-corrected chi connectivity index (χ0v) is 13.5. The number of benzene rings is 1. The Balaban J connectivity index is 1.55. The standard InChI is InChI=1S/C21H25N/c1-2-3-4-5-6-9-14-22-19-11-8-7-10-17(19)21-18-15-16(18)12-13-20(21)22/h7-8,10-13,15,18H,2-6,9,14H2,1H3/t18-/m0/s1. The summed E-state index contributed by atoms with van der Waals surface area (Å²) in [6, 6.07) is 8.95. The molecular formula is C21H25N. The zero-order valence-electron chi connectivity index (χ0n) is 13.5. The van der Waals surface area contributed by atoms with Gasteiger partial charge >= 0.3 is 0 Å². The van der Waals surface area contributed by atoms with Crippen molar-refractivity contribution >= 4 is 17.0 Å². The molecule has 0 saturated carbocycles. The first-order valence-corrected chi connectivity index (χ1v) is 8.91. The molecule has 2 aromatic rings. The monoisotopic (exact) mass is 291 g/mol. The molecule has 2 aliphatic carbocycles. The summed E-state index contributed by atoms with van der Waals surface area (Å²) in [7, 11) is 0. The zero-order chi connectivity index (χ0) is 14.9. The largest absolute Gasteiger partial charge is 0.341 e. The molecule has 4 rings (SSSR count). The predicted molar refractivity (Wildman–Crippen MR) is 95.2 cm³/mol. The minimum Gasteiger partial charge on any atom is -0.341 e. The van der Waals surface area contributed by atoms with Gasteiger partial charge in [-0.05, 0) is 29.7 Å². The lowest BCUT2D eigenvalue weighted by Crippen LogP contribution is -2.02. The summed E-state index contributed by atoms with van der Waals surface area (Å²) < 4.78 is 2.56. The van der Waals surface area contributed by atoms with E-state index in [4.69, 9.17) is 0 Å². The molecule has 1 atom stereocenters. The van der Waals surface area contributed by atoms with Gasteiger partial charge in [0, 0.05) is 29.1 Å². The van der Waals surface area contributed by atoms with Crippen LogP contribution in [0.15, 0.2) is 42.0 Å². The summed E-state index contributed by atoms with van der Waals surface area (Å²) in [5.41, 5.74) is 5.94. The molecule has 2 aliphatic rings. The quantitative estimate of drug-likeness (QED) is 0.547. The van der Waals surface area contributed by atoms with Crippen LogP contribution in [0.3, 0.4) is 0 Å². The van der Waals surface area contributed by atoms with Crippen molar-refractivity contribution in [2.45, 2.75) is 57.9 Å². The Morgan fingerprint density at radius 2 is 1.77 bits per heavy atom. The van der Waals surface area contributed by atoms with Gasteiger partial charge in [0.15, 0.2) is 0 Å². The van der Waals surface area contributed by atoms with Gasteiger partial charge in [-0.1, -0.05) is 69.4 Å². The van der Waals surface area contributed by atoms with Gasteiger partial charge in [-0.2, -0.15) is 0 Å². The molecule has 0 N–H and O–H groups in total. The molecule has 1 heterocycles. The molecule has 22 heavy (non-hydrogen) atoms. The highest BCUT2D eigenvalue weighted by molar-refractivity contribution is 5.92. The lowest BCUT2D eigenvalue weighted by atomic mass is 9.99. The van der Waals surface area contributed by atoms with Crippen LogP contribution in [0.4, 0.5) is 0 Å². The van der Waals surface area contributed by atoms with E-state index in [1.807, 2.05) is 0 Å². The van der Waals surface area contributed by atoms with Gasteiger partial charge in [-0.15, -0.1) is 0 Å². The van der Waals surface area contributed by atoms with Crippen molar-refractivity contribution in [3.8, 4) is 0 Å². The number of hydrogen-bond acceptors (Lipinski definition) is 0. The maximum atomic E-state index is 2.56. The fraction of sp³-hybridized carbons (Fsp3) is 0.429. The van der Waals surface area contributed by atoms with Crippen LogP contribution in [0.5, 0.6) is 0 Å². The van der Waals surface area contributed by atoms with E-state index < -0.39 is 0 Å². The SMILES string of the molecule is CCCCCCCCn1c2c(c3ccccc31)[C@H]1C=C1C=C2. The first-order chi connectivity index (χ1) is 10.9. The minimum absolute atomic E-state index is 0.607. The van der Waals surface area contributed by atoms with Crippen molar-refractivity contribution in [2.75, 3.05) is 0 Å². The fourth-order valence-corrected chi connectivity index (χ4v) is 3.88. The molecule has 1 nitrogen and oxygen atoms in total. The molecule has 0 spiro atoms. The van der Waals surface area contributed by atoms with E-state index in [9.17, 15) is 0 Å². The van der Waals surface area contributed by atoms with Gasteiger partial charge in [0.25, 0.3) is 0 Å². The summed E-state index contributed by atoms with van der Waals surface area (Å²) in [6.07, 6.45) is 15.2. The van der Waals surface area contributed by atoms with E-state index in [1.165, 1.54) is 60.7 Å². The molecule has 0 amide bonds. The fourth-order valence-electron chi connectivity index (χ4n) is 3.88. The normalized spacial score (nSPS) is 18.2. The number of unbranched alkanes of at least 4 members (excludes halogenated alkanes) is 5. The second-order valence-corrected chi connectivity index (χ2v) is 6.71. The van der Waals surface area contributed by atoms with Crippen molar-refractivity contribution in [3.63, 3.8) is 0 Å². The molecule has 0 unspecified atom stereocenters. The van der Waals surface area contributed by atoms with E-state index in [-0.39, 0.29) is 0 Å². The van der Waals surface area contributed by atoms with Crippen LogP contribution in [-0.2, 0) is 6.54 Å². The number of allylic oxidation sites excluding steroid dienone is 3. The summed E-state index contributed by atoms with van der Waals surface area (Å²) in [6.45, 7) is 3.44. The van der Waals surface area contributed by atoms with E-state index in [0.29, 0.717) is 5.92 Å². The van der Waals surface area contributed by atoms with Gasteiger partial charge in [0.2, 0.25) is 0 Å². The van der Waals surface area contributed by atoms with Crippen LogP contribution in [0.1, 0.15) is 62.6 Å². The number of fused-ring (bicyclic) bond motifs is 5. The Labute approximate surface area is 133 Å². The van der Waals surface area contributed by atoms with E-state index >= 15 is 0 Å². The molecule has 114 valence electrons. The molecule has 1 heteroatoms. The van der Waals surface area contributed by atoms with Crippen LogP contribution in [0, 0.1) is 0 Å². The predicted octanol–water partition coefficient (Wildman–Crippen LogP) is 6.05. The molecule has 0 fully saturated rings. The first-order valence-electron chi connectivity index (χ1n) is 8.91. The first kappa shape index (κ1) is 13.9. The van der Waals surface area contributed by atoms with Crippen LogP contribution in [0.2, 0.25) is 0 Å². The van der Waals surface area contributed by atoms with Crippen LogP contribution < -0.4 is 0 Å². The van der Waals surface area contributed by atoms with Crippen molar-refractivity contribution in [1.82, 2.24) is 4.57 Å². The van der Waals surface area contributed by atoms with E-state index in [0.717, 1.165) is 6.54 Å². The number of rotatable bonds is 7. The average molecular weight is 291 g/mol. The highest BCUT2D eigenvalue weighted by atomic mass is 15.0. The maximum absolute atomic E-state index is 2.56. The molecule has 0 saturated heterocycles. The van der Waals surface area contributed by atoms with Crippen molar-refractivity contribution in [1.29, 1.82) is 0 Å². The summed E-state index contributed by atoms with van der Waals surface area (Å²) in [5.74, 6) is 0.607. The average Bonchev–Trinajstić information content (AvgIpc) is 3.27. The number of para-hydroxylation sites is 1. The molecule has 1 aromatic heterocycles. The Morgan fingerprint density at radius 1 is 0.955 bits per heavy atom. The topological polar surface area (TPSA) is 4.93 Å². The second kappa shape index (κ2) is 5.79. The maximum Gasteiger partial charge on any atom is 0.0488 e. The Bertz CT molecular complexity index is 745. The van der Waals surface area contributed by atoms with Gasteiger partial charge in [0.05, 0.1) is 0 Å². The number of hydrogen-bond donors (Lipinski definition) is 0. The van der Waals surface area contributed by atoms with Gasteiger partial charge < -0.3 is 4.57 Å². The number of aromatic nitrogens is 1. The second-order valence-electron chi connectivity index (χ2n) is 6.71. The van der Waals surface area contributed by atoms with Crippen molar-refractivity contribution in [3.05, 3.63) is 53.2 Å². The number of aryl methyl sites for hydroxylation is 1. The third kappa shape index (κ3) is 2.33. The van der Waals surface area contributed by atoms with Crippen LogP contribution >= 0.6 is 0 Å². The minimum atomic E-state index is 0.607. The number of nitrogens with zero attached hydrogens (tertiary/aromatic N) is 1. The highest BCUT2D eigenvalue weighted by Crippen LogP contribution is 2.49. The van der Waals surface area contributed by atoms with E-state index in [2.05, 4.69) is 54.0 Å². The molecule has 0 radical (unpaired) electrons.